The van der Waals surface area contributed by atoms with Gasteiger partial charge in [0.25, 0.3) is 0 Å². The predicted octanol–water partition coefficient (Wildman–Crippen LogP) is 4.41. The lowest BCUT2D eigenvalue weighted by Crippen LogP contribution is -2.43. The van der Waals surface area contributed by atoms with Crippen LogP contribution in [0.3, 0.4) is 0 Å². The first-order valence-corrected chi connectivity index (χ1v) is 11.5. The molecule has 0 unspecified atom stereocenters. The van der Waals surface area contributed by atoms with Crippen molar-refractivity contribution in [3.8, 4) is 11.5 Å². The number of nitrogens with one attached hydrogen (secondary N) is 1. The summed E-state index contributed by atoms with van der Waals surface area (Å²) in [6, 6.07) is 7.10. The highest BCUT2D eigenvalue weighted by atomic mass is 35.5. The molecule has 2 aliphatic heterocycles. The molecule has 6 nitrogen and oxygen atoms in total. The summed E-state index contributed by atoms with van der Waals surface area (Å²) in [7, 11) is 0. The van der Waals surface area contributed by atoms with Crippen molar-refractivity contribution in [1.29, 1.82) is 0 Å². The zero-order chi connectivity index (χ0) is 21.9. The summed E-state index contributed by atoms with van der Waals surface area (Å²) in [6.07, 6.45) is 6.33. The van der Waals surface area contributed by atoms with Gasteiger partial charge in [-0.05, 0) is 56.1 Å². The topological polar surface area (TPSA) is 59.5 Å². The average Bonchev–Trinajstić information content (AvgIpc) is 2.82. The number of hydrogen-bond donors (Lipinski definition) is 1. The van der Waals surface area contributed by atoms with Crippen molar-refractivity contribution < 1.29 is 13.9 Å². The Labute approximate surface area is 203 Å². The Kier molecular flexibility index (Phi) is 7.86. The molecule has 0 aliphatic carbocycles. The van der Waals surface area contributed by atoms with Crippen molar-refractivity contribution in [3.05, 3.63) is 58.8 Å². The molecule has 0 atom stereocenters. The molecule has 0 radical (unpaired) electrons. The van der Waals surface area contributed by atoms with Gasteiger partial charge < -0.3 is 19.7 Å². The molecule has 1 fully saturated rings. The molecule has 0 spiro atoms. The van der Waals surface area contributed by atoms with Crippen LogP contribution >= 0.6 is 24.0 Å². The monoisotopic (exact) mass is 492 g/mol. The van der Waals surface area contributed by atoms with E-state index in [4.69, 9.17) is 21.1 Å². The third-order valence-electron chi connectivity index (χ3n) is 6.21. The molecule has 3 aromatic rings. The zero-order valence-corrected chi connectivity index (χ0v) is 19.8. The number of aromatic nitrogens is 2. The van der Waals surface area contributed by atoms with E-state index < -0.39 is 0 Å². The molecule has 176 valence electrons. The fourth-order valence-electron chi connectivity index (χ4n) is 4.41. The number of benzene rings is 1. The van der Waals surface area contributed by atoms with Gasteiger partial charge in [0, 0.05) is 36.8 Å². The van der Waals surface area contributed by atoms with Crippen LogP contribution in [0.25, 0.3) is 10.9 Å². The van der Waals surface area contributed by atoms with Gasteiger partial charge in [0.15, 0.2) is 11.5 Å². The molecule has 0 saturated carbocycles. The lowest BCUT2D eigenvalue weighted by Gasteiger charge is -2.32. The summed E-state index contributed by atoms with van der Waals surface area (Å²) in [5.41, 5.74) is 2.71. The summed E-state index contributed by atoms with van der Waals surface area (Å²) >= 11 is 6.40. The molecule has 1 N–H and O–H groups in total. The Morgan fingerprint density at radius 3 is 2.67 bits per heavy atom. The lowest BCUT2D eigenvalue weighted by atomic mass is 10.0. The minimum atomic E-state index is -0.262. The van der Waals surface area contributed by atoms with Gasteiger partial charge in [-0.1, -0.05) is 11.6 Å². The van der Waals surface area contributed by atoms with E-state index in [1.165, 1.54) is 12.1 Å². The van der Waals surface area contributed by atoms with Gasteiger partial charge in [-0.15, -0.1) is 12.4 Å². The number of fused-ring (bicyclic) bond motifs is 2. The Bertz CT molecular complexity index is 1100. The third-order valence-corrected chi connectivity index (χ3v) is 6.54. The quantitative estimate of drug-likeness (QED) is 0.549. The van der Waals surface area contributed by atoms with Gasteiger partial charge in [0.1, 0.15) is 19.0 Å². The highest BCUT2D eigenvalue weighted by Gasteiger charge is 2.20. The number of piperidine rings is 1. The maximum absolute atomic E-state index is 13.8. The van der Waals surface area contributed by atoms with Gasteiger partial charge in [0.05, 0.1) is 22.4 Å². The molecule has 0 bridgehead atoms. The van der Waals surface area contributed by atoms with Crippen LogP contribution in [0.2, 0.25) is 5.02 Å². The van der Waals surface area contributed by atoms with Crippen LogP contribution in [-0.2, 0) is 13.0 Å². The smallest absolute Gasteiger partial charge is 0.179 e. The van der Waals surface area contributed by atoms with Crippen molar-refractivity contribution in [2.75, 3.05) is 32.8 Å². The van der Waals surface area contributed by atoms with Gasteiger partial charge in [-0.25, -0.2) is 4.39 Å². The van der Waals surface area contributed by atoms with Crippen molar-refractivity contribution in [1.82, 2.24) is 20.2 Å². The second kappa shape index (κ2) is 10.8. The molecule has 9 heteroatoms. The third kappa shape index (κ3) is 5.66. The van der Waals surface area contributed by atoms with Gasteiger partial charge >= 0.3 is 0 Å². The van der Waals surface area contributed by atoms with E-state index in [1.807, 2.05) is 6.07 Å². The highest BCUT2D eigenvalue weighted by Crippen LogP contribution is 2.29. The Hall–Kier alpha value is -2.19. The molecule has 1 aromatic carbocycles. The normalized spacial score (nSPS) is 16.5. The van der Waals surface area contributed by atoms with E-state index in [1.54, 1.807) is 18.5 Å². The fourth-order valence-corrected chi connectivity index (χ4v) is 4.66. The van der Waals surface area contributed by atoms with Crippen molar-refractivity contribution >= 4 is 34.9 Å². The number of hydrogen-bond acceptors (Lipinski definition) is 6. The SMILES string of the molecule is Cl.Fc1ccc2ncc(Cl)c(CCN3CCC(NCc4cc5c(cn4)OCCO5)CC3)c2c1. The van der Waals surface area contributed by atoms with Crippen molar-refractivity contribution in [3.63, 3.8) is 0 Å². The van der Waals surface area contributed by atoms with E-state index in [-0.39, 0.29) is 18.2 Å². The maximum atomic E-state index is 13.8. The molecule has 2 aliphatic rings. The molecule has 0 amide bonds. The summed E-state index contributed by atoms with van der Waals surface area (Å²) in [5.74, 6) is 1.24. The van der Waals surface area contributed by atoms with Gasteiger partial charge in [0.2, 0.25) is 0 Å². The standard InChI is InChI=1S/C24H26ClFN4O2.ClH/c25-21-14-29-22-2-1-16(26)11-20(22)19(21)5-8-30-6-3-17(4-7-30)27-13-18-12-23-24(15-28-18)32-10-9-31-23;/h1-2,11-12,14-15,17,27H,3-10,13H2;1H. The van der Waals surface area contributed by atoms with Crippen LogP contribution in [-0.4, -0.2) is 53.8 Å². The molecule has 5 rings (SSSR count). The van der Waals surface area contributed by atoms with Crippen LogP contribution < -0.4 is 14.8 Å². The number of pyridine rings is 2. The van der Waals surface area contributed by atoms with Gasteiger partial charge in [-0.3, -0.25) is 9.97 Å². The minimum Gasteiger partial charge on any atom is -0.486 e. The van der Waals surface area contributed by atoms with E-state index in [0.29, 0.717) is 30.8 Å². The summed E-state index contributed by atoms with van der Waals surface area (Å²) in [5, 5.41) is 5.03. The first kappa shape index (κ1) is 24.0. The number of ether oxygens (including phenoxy) is 2. The maximum Gasteiger partial charge on any atom is 0.179 e. The number of nitrogens with zero attached hydrogens (tertiary/aromatic N) is 3. The second-order valence-corrected chi connectivity index (χ2v) is 8.72. The number of likely N-dealkylation sites (tertiary alicyclic amines) is 1. The average molecular weight is 493 g/mol. The Morgan fingerprint density at radius 2 is 1.85 bits per heavy atom. The second-order valence-electron chi connectivity index (χ2n) is 8.31. The van der Waals surface area contributed by atoms with Crippen LogP contribution in [0.15, 0.2) is 36.7 Å². The van der Waals surface area contributed by atoms with Crippen LogP contribution in [0, 0.1) is 5.82 Å². The van der Waals surface area contributed by atoms with Crippen LogP contribution in [0.5, 0.6) is 11.5 Å². The lowest BCUT2D eigenvalue weighted by molar-refractivity contribution is 0.170. The molecule has 33 heavy (non-hydrogen) atoms. The molecule has 2 aromatic heterocycles. The van der Waals surface area contributed by atoms with E-state index >= 15 is 0 Å². The first-order valence-electron chi connectivity index (χ1n) is 11.1. The number of halogens is 3. The molecular formula is C24H27Cl2FN4O2. The van der Waals surface area contributed by atoms with E-state index in [9.17, 15) is 4.39 Å². The molecular weight excluding hydrogens is 466 g/mol. The zero-order valence-electron chi connectivity index (χ0n) is 18.2. The first-order chi connectivity index (χ1) is 15.7. The van der Waals surface area contributed by atoms with Crippen LogP contribution in [0.1, 0.15) is 24.1 Å². The van der Waals surface area contributed by atoms with Crippen molar-refractivity contribution in [2.24, 2.45) is 0 Å². The minimum absolute atomic E-state index is 0. The Balaban J connectivity index is 0.00000259. The van der Waals surface area contributed by atoms with E-state index in [2.05, 4.69) is 20.2 Å². The Morgan fingerprint density at radius 1 is 1.06 bits per heavy atom. The summed E-state index contributed by atoms with van der Waals surface area (Å²) in [4.78, 5) is 11.2. The molecule has 4 heterocycles. The summed E-state index contributed by atoms with van der Waals surface area (Å²) < 4.78 is 24.9. The number of rotatable bonds is 6. The molecule has 1 saturated heterocycles. The van der Waals surface area contributed by atoms with Crippen molar-refractivity contribution in [2.45, 2.75) is 31.8 Å². The summed E-state index contributed by atoms with van der Waals surface area (Å²) in [6.45, 7) is 4.79. The largest absolute Gasteiger partial charge is 0.486 e. The van der Waals surface area contributed by atoms with E-state index in [0.717, 1.165) is 72.6 Å². The van der Waals surface area contributed by atoms with Crippen LogP contribution in [0.4, 0.5) is 4.39 Å². The fraction of sp³-hybridized carbons (Fsp3) is 0.417. The van der Waals surface area contributed by atoms with Gasteiger partial charge in [-0.2, -0.15) is 0 Å². The highest BCUT2D eigenvalue weighted by molar-refractivity contribution is 6.32. The predicted molar refractivity (Wildman–Crippen MR) is 129 cm³/mol.